The standard InChI is InChI=1S/C49H55N9O6/c1-29(2)41(55-47(61)63-6)45(59)57-24-10-14-39(57)44-51-28-38(54-44)34-21-23-36-33(26-34)20-22-35(52-36)30-16-18-31(19-17-30)37-27-50-43(53-37)40-15-11-25-58(40)46(60)42(32-12-8-7-9-13-32)56-48(62)64-49(3,4)5/h7-9,12-13,16-23,26-29,39-42H,10-11,14-15,24-25H2,1-6H3,(H,50,53)(H,51,54)(H,55,61)(H,56,62)/t39-,40-,41-,42+/m0/s1. The first kappa shape index (κ1) is 43.6. The fourth-order valence-electron chi connectivity index (χ4n) is 8.61. The molecule has 6 aromatic rings. The third kappa shape index (κ3) is 9.48. The fourth-order valence-corrected chi connectivity index (χ4v) is 8.61. The van der Waals surface area contributed by atoms with Crippen molar-refractivity contribution in [2.75, 3.05) is 20.2 Å². The average molecular weight is 866 g/mol. The third-order valence-electron chi connectivity index (χ3n) is 11.8. The first-order valence-corrected chi connectivity index (χ1v) is 21.9. The molecule has 2 fully saturated rings. The van der Waals surface area contributed by atoms with Crippen LogP contribution in [0.2, 0.25) is 0 Å². The van der Waals surface area contributed by atoms with E-state index in [1.165, 1.54) is 7.11 Å². The number of alkyl carbamates (subject to hydrolysis) is 2. The van der Waals surface area contributed by atoms with Crippen LogP contribution in [-0.4, -0.2) is 90.6 Å². The Morgan fingerprint density at radius 2 is 1.42 bits per heavy atom. The lowest BCUT2D eigenvalue weighted by atomic mass is 10.0. The van der Waals surface area contributed by atoms with E-state index in [1.54, 1.807) is 36.8 Å². The highest BCUT2D eigenvalue weighted by Crippen LogP contribution is 2.36. The molecule has 5 heterocycles. The lowest BCUT2D eigenvalue weighted by molar-refractivity contribution is -0.136. The van der Waals surface area contributed by atoms with Crippen molar-refractivity contribution in [3.05, 3.63) is 115 Å². The molecule has 0 unspecified atom stereocenters. The molecule has 15 heteroatoms. The van der Waals surface area contributed by atoms with Gasteiger partial charge in [-0.15, -0.1) is 0 Å². The molecule has 4 amide bonds. The summed E-state index contributed by atoms with van der Waals surface area (Å²) in [5.41, 5.74) is 6.07. The van der Waals surface area contributed by atoms with Crippen LogP contribution in [0.25, 0.3) is 44.7 Å². The number of likely N-dealkylation sites (tertiary alicyclic amines) is 2. The molecule has 0 bridgehead atoms. The third-order valence-corrected chi connectivity index (χ3v) is 11.8. The Labute approximate surface area is 372 Å². The quantitative estimate of drug-likeness (QED) is 0.0989. The Hall–Kier alpha value is -7.03. The lowest BCUT2D eigenvalue weighted by Crippen LogP contribution is -2.51. The lowest BCUT2D eigenvalue weighted by Gasteiger charge is -2.29. The van der Waals surface area contributed by atoms with Crippen LogP contribution in [-0.2, 0) is 19.1 Å². The van der Waals surface area contributed by atoms with Gasteiger partial charge in [0.15, 0.2) is 0 Å². The topological polar surface area (TPSA) is 188 Å². The molecule has 0 radical (unpaired) electrons. The van der Waals surface area contributed by atoms with Gasteiger partial charge in [-0.25, -0.2) is 24.5 Å². The summed E-state index contributed by atoms with van der Waals surface area (Å²) in [6.45, 7) is 10.3. The number of rotatable bonds is 11. The number of aromatic amines is 2. The van der Waals surface area contributed by atoms with Gasteiger partial charge >= 0.3 is 12.2 Å². The summed E-state index contributed by atoms with van der Waals surface area (Å²) in [5.74, 6) is 0.920. The van der Waals surface area contributed by atoms with Gasteiger partial charge in [-0.05, 0) is 81.7 Å². The van der Waals surface area contributed by atoms with Gasteiger partial charge in [0.1, 0.15) is 29.3 Å². The zero-order valence-electron chi connectivity index (χ0n) is 37.1. The monoisotopic (exact) mass is 865 g/mol. The highest BCUT2D eigenvalue weighted by atomic mass is 16.6. The molecule has 3 aromatic heterocycles. The van der Waals surface area contributed by atoms with Crippen molar-refractivity contribution >= 4 is 34.9 Å². The molecule has 8 rings (SSSR count). The highest BCUT2D eigenvalue weighted by molar-refractivity contribution is 5.89. The Morgan fingerprint density at radius 3 is 2.11 bits per heavy atom. The smallest absolute Gasteiger partial charge is 0.408 e. The maximum atomic E-state index is 14.2. The van der Waals surface area contributed by atoms with Crippen molar-refractivity contribution in [3.63, 3.8) is 0 Å². The van der Waals surface area contributed by atoms with Crippen molar-refractivity contribution in [3.8, 4) is 33.8 Å². The van der Waals surface area contributed by atoms with Gasteiger partial charge in [-0.3, -0.25) is 9.59 Å². The number of methoxy groups -OCH3 is 1. The van der Waals surface area contributed by atoms with Crippen molar-refractivity contribution in [1.82, 2.24) is 45.4 Å². The summed E-state index contributed by atoms with van der Waals surface area (Å²) in [6.07, 6.45) is 5.53. The number of carbonyl (C=O) groups excluding carboxylic acids is 4. The van der Waals surface area contributed by atoms with Gasteiger partial charge in [-0.2, -0.15) is 0 Å². The molecular formula is C49H55N9O6. The van der Waals surface area contributed by atoms with E-state index in [0.29, 0.717) is 30.3 Å². The number of fused-ring (bicyclic) bond motifs is 1. The molecular weight excluding hydrogens is 811 g/mol. The van der Waals surface area contributed by atoms with Crippen LogP contribution in [0.1, 0.15) is 95.6 Å². The summed E-state index contributed by atoms with van der Waals surface area (Å²) >= 11 is 0. The van der Waals surface area contributed by atoms with Crippen molar-refractivity contribution in [2.45, 2.75) is 90.1 Å². The van der Waals surface area contributed by atoms with Gasteiger partial charge in [0, 0.05) is 35.8 Å². The molecule has 0 saturated carbocycles. The van der Waals surface area contributed by atoms with Crippen LogP contribution >= 0.6 is 0 Å². The van der Waals surface area contributed by atoms with Gasteiger partial charge < -0.3 is 39.9 Å². The first-order chi connectivity index (χ1) is 30.8. The number of aromatic nitrogens is 5. The van der Waals surface area contributed by atoms with E-state index in [-0.39, 0.29) is 29.8 Å². The molecule has 3 aromatic carbocycles. The molecule has 64 heavy (non-hydrogen) atoms. The van der Waals surface area contributed by atoms with E-state index in [9.17, 15) is 19.2 Å². The van der Waals surface area contributed by atoms with Crippen LogP contribution in [0.4, 0.5) is 9.59 Å². The number of nitrogens with one attached hydrogen (secondary N) is 4. The van der Waals surface area contributed by atoms with Crippen molar-refractivity contribution in [1.29, 1.82) is 0 Å². The van der Waals surface area contributed by atoms with Gasteiger partial charge in [0.25, 0.3) is 5.91 Å². The van der Waals surface area contributed by atoms with Gasteiger partial charge in [-0.1, -0.05) is 80.6 Å². The number of benzene rings is 3. The molecule has 2 aliphatic heterocycles. The van der Waals surface area contributed by atoms with Crippen molar-refractivity contribution in [2.24, 2.45) is 5.92 Å². The Balaban J connectivity index is 0.938. The SMILES string of the molecule is COC(=O)N[C@H](C(=O)N1CCC[C@H]1c1nc(-c2ccc3nc(-c4ccc(-c5cnc([C@@H]6CCCN6C(=O)[C@H](NC(=O)OC(C)(C)C)c6ccccc6)[nH]5)cc4)ccc3c2)c[nH]1)C(C)C. The van der Waals surface area contributed by atoms with E-state index < -0.39 is 29.9 Å². The fraction of sp³-hybridized carbons (Fsp3) is 0.367. The summed E-state index contributed by atoms with van der Waals surface area (Å²) in [7, 11) is 1.29. The van der Waals surface area contributed by atoms with Crippen LogP contribution in [0.3, 0.4) is 0 Å². The minimum Gasteiger partial charge on any atom is -0.453 e. The number of amides is 4. The summed E-state index contributed by atoms with van der Waals surface area (Å²) < 4.78 is 10.3. The second-order valence-electron chi connectivity index (χ2n) is 17.8. The molecule has 2 aliphatic rings. The zero-order valence-corrected chi connectivity index (χ0v) is 37.1. The van der Waals surface area contributed by atoms with Crippen LogP contribution in [0, 0.1) is 5.92 Å². The predicted molar refractivity (Wildman–Crippen MR) is 242 cm³/mol. The van der Waals surface area contributed by atoms with Crippen LogP contribution in [0.5, 0.6) is 0 Å². The maximum Gasteiger partial charge on any atom is 0.408 e. The second kappa shape index (κ2) is 18.4. The molecule has 4 atom stereocenters. The minimum absolute atomic E-state index is 0.115. The van der Waals surface area contributed by atoms with Crippen molar-refractivity contribution < 1.29 is 28.7 Å². The first-order valence-electron chi connectivity index (χ1n) is 21.9. The summed E-state index contributed by atoms with van der Waals surface area (Å²) in [5, 5.41) is 6.48. The Kier molecular flexibility index (Phi) is 12.5. The molecule has 0 aliphatic carbocycles. The molecule has 4 N–H and O–H groups in total. The van der Waals surface area contributed by atoms with E-state index >= 15 is 0 Å². The largest absolute Gasteiger partial charge is 0.453 e. The molecule has 15 nitrogen and oxygen atoms in total. The molecule has 2 saturated heterocycles. The normalized spacial score (nSPS) is 17.4. The van der Waals surface area contributed by atoms with Gasteiger partial charge in [0.05, 0.1) is 48.0 Å². The van der Waals surface area contributed by atoms with E-state index in [4.69, 9.17) is 24.4 Å². The van der Waals surface area contributed by atoms with Gasteiger partial charge in [0.2, 0.25) is 5.91 Å². The number of nitrogens with zero attached hydrogens (tertiary/aromatic N) is 5. The Bertz CT molecular complexity index is 2630. The number of hydrogen-bond acceptors (Lipinski definition) is 9. The minimum atomic E-state index is -0.912. The van der Waals surface area contributed by atoms with Crippen LogP contribution in [0.15, 0.2) is 97.3 Å². The number of H-pyrrole nitrogens is 2. The molecule has 0 spiro atoms. The number of pyridine rings is 1. The summed E-state index contributed by atoms with van der Waals surface area (Å²) in [6, 6.07) is 25.4. The number of carbonyl (C=O) groups is 4. The number of ether oxygens (including phenoxy) is 2. The summed E-state index contributed by atoms with van der Waals surface area (Å²) in [4.78, 5) is 77.7. The number of imidazole rings is 2. The Morgan fingerprint density at radius 1 is 0.750 bits per heavy atom. The van der Waals surface area contributed by atoms with E-state index in [2.05, 4.69) is 32.7 Å². The molecule has 332 valence electrons. The maximum absolute atomic E-state index is 14.2. The van der Waals surface area contributed by atoms with E-state index in [0.717, 1.165) is 70.4 Å². The highest BCUT2D eigenvalue weighted by Gasteiger charge is 2.39. The van der Waals surface area contributed by atoms with E-state index in [1.807, 2.05) is 92.8 Å². The predicted octanol–water partition coefficient (Wildman–Crippen LogP) is 8.66. The second-order valence-corrected chi connectivity index (χ2v) is 17.8. The number of hydrogen-bond donors (Lipinski definition) is 4. The average Bonchev–Trinajstić information content (AvgIpc) is 4.13. The van der Waals surface area contributed by atoms with Crippen LogP contribution < -0.4 is 10.6 Å². The zero-order chi connectivity index (χ0) is 45.1.